The Morgan fingerprint density at radius 1 is 1.58 bits per heavy atom. The van der Waals surface area contributed by atoms with Crippen LogP contribution in [0, 0.1) is 5.92 Å². The molecule has 0 spiro atoms. The van der Waals surface area contributed by atoms with Crippen molar-refractivity contribution in [1.82, 2.24) is 9.71 Å². The number of carbonyl (C=O) groups is 1. The zero-order chi connectivity index (χ0) is 14.5. The van der Waals surface area contributed by atoms with Gasteiger partial charge in [0.25, 0.3) is 10.0 Å². The van der Waals surface area contributed by atoms with E-state index in [0.29, 0.717) is 12.8 Å². The van der Waals surface area contributed by atoms with Crippen LogP contribution in [0.25, 0.3) is 0 Å². The number of hydrogen-bond acceptors (Lipinski definition) is 6. The Kier molecular flexibility index (Phi) is 5.85. The molecule has 9 heteroatoms. The summed E-state index contributed by atoms with van der Waals surface area (Å²) < 4.78 is 25.8. The van der Waals surface area contributed by atoms with Crippen LogP contribution in [0.4, 0.5) is 0 Å². The highest BCUT2D eigenvalue weighted by molar-refractivity contribution is 7.91. The quantitative estimate of drug-likeness (QED) is 0.603. The Morgan fingerprint density at radius 2 is 2.26 bits per heavy atom. The fourth-order valence-corrected chi connectivity index (χ4v) is 3.64. The van der Waals surface area contributed by atoms with Crippen molar-refractivity contribution in [2.24, 2.45) is 5.92 Å². The van der Waals surface area contributed by atoms with Gasteiger partial charge in [-0.05, 0) is 18.8 Å². The number of carboxylic acids is 1. The van der Waals surface area contributed by atoms with E-state index < -0.39 is 21.7 Å². The Balaban J connectivity index is 2.61. The van der Waals surface area contributed by atoms with Gasteiger partial charge in [-0.3, -0.25) is 0 Å². The summed E-state index contributed by atoms with van der Waals surface area (Å²) in [6, 6.07) is 0. The standard InChI is InChI=1S/C10H16N2O5S2/c1-7(5-13)3-2-4-12-19(16,17)10-8(9(14)15)11-6-18-10/h6-7,12-13H,2-5H2,1H3,(H,14,15). The minimum absolute atomic E-state index is 0.0603. The fraction of sp³-hybridized carbons (Fsp3) is 0.600. The molecule has 0 radical (unpaired) electrons. The second-order valence-electron chi connectivity index (χ2n) is 4.12. The van der Waals surface area contributed by atoms with Crippen LogP contribution in [-0.4, -0.2) is 42.7 Å². The summed E-state index contributed by atoms with van der Waals surface area (Å²) in [6.07, 6.45) is 1.26. The van der Waals surface area contributed by atoms with Gasteiger partial charge in [-0.25, -0.2) is 22.9 Å². The van der Waals surface area contributed by atoms with Crippen LogP contribution in [0.1, 0.15) is 30.3 Å². The van der Waals surface area contributed by atoms with Gasteiger partial charge in [0.05, 0.1) is 5.51 Å². The normalized spacial score (nSPS) is 13.4. The maximum atomic E-state index is 11.9. The molecule has 1 rings (SSSR count). The molecule has 0 fully saturated rings. The van der Waals surface area contributed by atoms with Crippen molar-refractivity contribution in [2.75, 3.05) is 13.2 Å². The molecule has 1 aromatic rings. The summed E-state index contributed by atoms with van der Waals surface area (Å²) >= 11 is 0.771. The van der Waals surface area contributed by atoms with Gasteiger partial charge < -0.3 is 10.2 Å². The summed E-state index contributed by atoms with van der Waals surface area (Å²) in [5.41, 5.74) is 0.729. The van der Waals surface area contributed by atoms with Crippen LogP contribution < -0.4 is 4.72 Å². The Hall–Kier alpha value is -1.03. The molecule has 0 saturated carbocycles. The van der Waals surface area contributed by atoms with Crippen molar-refractivity contribution < 1.29 is 23.4 Å². The lowest BCUT2D eigenvalue weighted by atomic mass is 10.1. The molecular weight excluding hydrogens is 292 g/mol. The van der Waals surface area contributed by atoms with E-state index in [0.717, 1.165) is 11.3 Å². The van der Waals surface area contributed by atoms with Crippen molar-refractivity contribution in [1.29, 1.82) is 0 Å². The molecule has 0 amide bonds. The third kappa shape index (κ3) is 4.53. The monoisotopic (exact) mass is 308 g/mol. The van der Waals surface area contributed by atoms with Gasteiger partial charge >= 0.3 is 5.97 Å². The van der Waals surface area contributed by atoms with Crippen LogP contribution in [-0.2, 0) is 10.0 Å². The number of aromatic nitrogens is 1. The van der Waals surface area contributed by atoms with Crippen LogP contribution in [0.15, 0.2) is 9.72 Å². The molecule has 3 N–H and O–H groups in total. The largest absolute Gasteiger partial charge is 0.476 e. The van der Waals surface area contributed by atoms with Gasteiger partial charge in [0, 0.05) is 13.2 Å². The average Bonchev–Trinajstić information content (AvgIpc) is 2.84. The fourth-order valence-electron chi connectivity index (χ4n) is 1.38. The highest BCUT2D eigenvalue weighted by Gasteiger charge is 2.25. The number of aliphatic hydroxyl groups excluding tert-OH is 1. The number of nitrogens with one attached hydrogen (secondary N) is 1. The lowest BCUT2D eigenvalue weighted by Crippen LogP contribution is -2.26. The number of hydrogen-bond donors (Lipinski definition) is 3. The zero-order valence-electron chi connectivity index (χ0n) is 10.4. The van der Waals surface area contributed by atoms with Crippen molar-refractivity contribution in [2.45, 2.75) is 24.0 Å². The minimum Gasteiger partial charge on any atom is -0.476 e. The molecule has 0 aliphatic carbocycles. The summed E-state index contributed by atoms with van der Waals surface area (Å²) in [5, 5.41) is 17.6. The van der Waals surface area contributed by atoms with Crippen LogP contribution >= 0.6 is 11.3 Å². The van der Waals surface area contributed by atoms with Crippen LogP contribution in [0.2, 0.25) is 0 Å². The Bertz CT molecular complexity index is 526. The molecule has 1 heterocycles. The van der Waals surface area contributed by atoms with Crippen molar-refractivity contribution in [3.05, 3.63) is 11.2 Å². The average molecular weight is 308 g/mol. The van der Waals surface area contributed by atoms with Gasteiger partial charge in [-0.15, -0.1) is 11.3 Å². The summed E-state index contributed by atoms with van der Waals surface area (Å²) in [7, 11) is -3.83. The second kappa shape index (κ2) is 6.94. The highest BCUT2D eigenvalue weighted by Crippen LogP contribution is 2.19. The minimum atomic E-state index is -3.83. The molecular formula is C10H16N2O5S2. The first-order valence-electron chi connectivity index (χ1n) is 5.65. The maximum Gasteiger partial charge on any atom is 0.356 e. The van der Waals surface area contributed by atoms with Gasteiger partial charge in [-0.1, -0.05) is 6.92 Å². The number of sulfonamides is 1. The third-order valence-electron chi connectivity index (χ3n) is 2.46. The van der Waals surface area contributed by atoms with E-state index >= 15 is 0 Å². The van der Waals surface area contributed by atoms with Gasteiger partial charge in [0.1, 0.15) is 0 Å². The molecule has 0 aromatic carbocycles. The zero-order valence-corrected chi connectivity index (χ0v) is 12.0. The molecule has 7 nitrogen and oxygen atoms in total. The summed E-state index contributed by atoms with van der Waals surface area (Å²) in [4.78, 5) is 14.3. The topological polar surface area (TPSA) is 117 Å². The van der Waals surface area contributed by atoms with Gasteiger partial charge in [0.2, 0.25) is 0 Å². The lowest BCUT2D eigenvalue weighted by molar-refractivity contribution is 0.0687. The number of carboxylic acid groups (broad SMARTS) is 1. The van der Waals surface area contributed by atoms with E-state index in [2.05, 4.69) is 9.71 Å². The molecule has 0 saturated heterocycles. The van der Waals surface area contributed by atoms with Crippen molar-refractivity contribution in [3.63, 3.8) is 0 Å². The Morgan fingerprint density at radius 3 is 2.84 bits per heavy atom. The number of rotatable bonds is 8. The lowest BCUT2D eigenvalue weighted by Gasteiger charge is -2.08. The van der Waals surface area contributed by atoms with E-state index in [-0.39, 0.29) is 23.3 Å². The van der Waals surface area contributed by atoms with E-state index in [1.807, 2.05) is 6.92 Å². The van der Waals surface area contributed by atoms with E-state index in [9.17, 15) is 13.2 Å². The van der Waals surface area contributed by atoms with E-state index in [1.165, 1.54) is 5.51 Å². The summed E-state index contributed by atoms with van der Waals surface area (Å²) in [5.74, 6) is -1.25. The SMILES string of the molecule is CC(CO)CCCNS(=O)(=O)c1scnc1C(=O)O. The number of aromatic carboxylic acids is 1. The number of nitrogens with zero attached hydrogens (tertiary/aromatic N) is 1. The van der Waals surface area contributed by atoms with Crippen molar-refractivity contribution >= 4 is 27.3 Å². The molecule has 0 aliphatic heterocycles. The molecule has 1 aromatic heterocycles. The maximum absolute atomic E-state index is 11.9. The first kappa shape index (κ1) is 16.0. The van der Waals surface area contributed by atoms with E-state index in [4.69, 9.17) is 10.2 Å². The molecule has 19 heavy (non-hydrogen) atoms. The molecule has 0 aliphatic rings. The van der Waals surface area contributed by atoms with Gasteiger partial charge in [0.15, 0.2) is 9.90 Å². The highest BCUT2D eigenvalue weighted by atomic mass is 32.2. The summed E-state index contributed by atoms with van der Waals surface area (Å²) in [6.45, 7) is 2.12. The Labute approximate surface area is 115 Å². The molecule has 1 unspecified atom stereocenters. The smallest absolute Gasteiger partial charge is 0.356 e. The van der Waals surface area contributed by atoms with Crippen molar-refractivity contribution in [3.8, 4) is 0 Å². The number of aliphatic hydroxyl groups is 1. The van der Waals surface area contributed by atoms with Crippen LogP contribution in [0.5, 0.6) is 0 Å². The predicted octanol–water partition coefficient (Wildman–Crippen LogP) is 0.528. The predicted molar refractivity (Wildman–Crippen MR) is 69.7 cm³/mol. The number of thiazole rings is 1. The third-order valence-corrected chi connectivity index (χ3v) is 5.29. The van der Waals surface area contributed by atoms with E-state index in [1.54, 1.807) is 0 Å². The first-order chi connectivity index (χ1) is 8.88. The first-order valence-corrected chi connectivity index (χ1v) is 8.02. The van der Waals surface area contributed by atoms with Crippen LogP contribution in [0.3, 0.4) is 0 Å². The molecule has 1 atom stereocenters. The molecule has 108 valence electrons. The van der Waals surface area contributed by atoms with Gasteiger partial charge in [-0.2, -0.15) is 0 Å². The molecule has 0 bridgehead atoms. The second-order valence-corrected chi connectivity index (χ2v) is 6.94.